The van der Waals surface area contributed by atoms with Gasteiger partial charge in [0.2, 0.25) is 0 Å². The number of aromatic nitrogens is 1. The molecule has 0 saturated heterocycles. The molecule has 0 fully saturated rings. The van der Waals surface area contributed by atoms with Crippen molar-refractivity contribution in [2.75, 3.05) is 12.4 Å². The Bertz CT molecular complexity index is 634. The summed E-state index contributed by atoms with van der Waals surface area (Å²) in [7, 11) is 1.59. The maximum absolute atomic E-state index is 11.0. The highest BCUT2D eigenvalue weighted by Gasteiger charge is 2.16. The van der Waals surface area contributed by atoms with Crippen molar-refractivity contribution < 1.29 is 9.66 Å². The molecule has 0 aliphatic heterocycles. The van der Waals surface area contributed by atoms with Crippen LogP contribution in [0.4, 0.5) is 11.4 Å². The minimum Gasteiger partial charge on any atom is -0.497 e. The highest BCUT2D eigenvalue weighted by atomic mass is 79.9. The lowest BCUT2D eigenvalue weighted by atomic mass is 10.2. The highest BCUT2D eigenvalue weighted by Crippen LogP contribution is 2.31. The van der Waals surface area contributed by atoms with Crippen molar-refractivity contribution in [3.63, 3.8) is 0 Å². The van der Waals surface area contributed by atoms with Crippen LogP contribution in [-0.4, -0.2) is 17.0 Å². The molecule has 0 bridgehead atoms. The van der Waals surface area contributed by atoms with E-state index in [1.54, 1.807) is 7.11 Å². The fourth-order valence-electron chi connectivity index (χ4n) is 1.71. The number of nitro groups is 1. The zero-order valence-electron chi connectivity index (χ0n) is 10.7. The van der Waals surface area contributed by atoms with Crippen LogP contribution >= 0.6 is 15.9 Å². The quantitative estimate of drug-likeness (QED) is 0.668. The molecule has 0 unspecified atom stereocenters. The van der Waals surface area contributed by atoms with Crippen molar-refractivity contribution in [2.24, 2.45) is 0 Å². The van der Waals surface area contributed by atoms with Gasteiger partial charge in [0.05, 0.1) is 16.5 Å². The third-order valence-electron chi connectivity index (χ3n) is 2.68. The summed E-state index contributed by atoms with van der Waals surface area (Å²) in [5.74, 6) is 0.743. The standard InChI is InChI=1S/C13H12BrN3O3/c1-20-10-4-2-3-9(5-10)6-16-13-11(14)7-15-8-12(13)17(18)19/h2-5,7-8H,6H2,1H3,(H,15,16). The summed E-state index contributed by atoms with van der Waals surface area (Å²) in [5, 5.41) is 14.0. The molecule has 0 aliphatic rings. The predicted molar refractivity (Wildman–Crippen MR) is 78.9 cm³/mol. The molecule has 1 aromatic carbocycles. The summed E-state index contributed by atoms with van der Waals surface area (Å²) >= 11 is 3.26. The van der Waals surface area contributed by atoms with Gasteiger partial charge in [-0.25, -0.2) is 0 Å². The summed E-state index contributed by atoms with van der Waals surface area (Å²) in [4.78, 5) is 14.3. The number of hydrogen-bond donors (Lipinski definition) is 1. The van der Waals surface area contributed by atoms with Crippen molar-refractivity contribution >= 4 is 27.3 Å². The Hall–Kier alpha value is -2.15. The van der Waals surface area contributed by atoms with E-state index < -0.39 is 4.92 Å². The van der Waals surface area contributed by atoms with Crippen molar-refractivity contribution in [3.8, 4) is 5.75 Å². The van der Waals surface area contributed by atoms with Gasteiger partial charge in [-0.1, -0.05) is 12.1 Å². The Labute approximate surface area is 124 Å². The van der Waals surface area contributed by atoms with Crippen molar-refractivity contribution in [2.45, 2.75) is 6.54 Å². The molecule has 0 atom stereocenters. The maximum Gasteiger partial charge on any atom is 0.311 e. The molecule has 1 aromatic heterocycles. The van der Waals surface area contributed by atoms with Crippen LogP contribution in [0, 0.1) is 10.1 Å². The van der Waals surface area contributed by atoms with Crippen molar-refractivity contribution in [3.05, 3.63) is 56.8 Å². The van der Waals surface area contributed by atoms with Gasteiger partial charge < -0.3 is 10.1 Å². The molecule has 0 amide bonds. The SMILES string of the molecule is COc1cccc(CNc2c(Br)cncc2[N+](=O)[O-])c1. The van der Waals surface area contributed by atoms with Crippen LogP contribution in [0.3, 0.4) is 0 Å². The number of hydrogen-bond acceptors (Lipinski definition) is 5. The van der Waals surface area contributed by atoms with Gasteiger partial charge in [-0.15, -0.1) is 0 Å². The monoisotopic (exact) mass is 337 g/mol. The molecule has 104 valence electrons. The molecule has 0 aliphatic carbocycles. The van der Waals surface area contributed by atoms with E-state index in [1.165, 1.54) is 12.4 Å². The summed E-state index contributed by atoms with van der Waals surface area (Å²) in [6.45, 7) is 0.445. The number of benzene rings is 1. The third kappa shape index (κ3) is 3.24. The van der Waals surface area contributed by atoms with E-state index in [-0.39, 0.29) is 5.69 Å². The Kier molecular flexibility index (Phi) is 4.52. The smallest absolute Gasteiger partial charge is 0.311 e. The van der Waals surface area contributed by atoms with Crippen molar-refractivity contribution in [1.29, 1.82) is 0 Å². The second-order valence-electron chi connectivity index (χ2n) is 3.98. The van der Waals surface area contributed by atoms with Crippen LogP contribution in [0.5, 0.6) is 5.75 Å². The number of methoxy groups -OCH3 is 1. The Morgan fingerprint density at radius 2 is 2.25 bits per heavy atom. The Morgan fingerprint density at radius 3 is 2.95 bits per heavy atom. The molecule has 0 radical (unpaired) electrons. The lowest BCUT2D eigenvalue weighted by Crippen LogP contribution is -2.04. The first-order valence-corrected chi connectivity index (χ1v) is 6.56. The van der Waals surface area contributed by atoms with Gasteiger partial charge in [-0.2, -0.15) is 0 Å². The first kappa shape index (κ1) is 14.3. The summed E-state index contributed by atoms with van der Waals surface area (Å²) in [6, 6.07) is 7.49. The number of nitrogens with one attached hydrogen (secondary N) is 1. The molecule has 2 rings (SSSR count). The van der Waals surface area contributed by atoms with Gasteiger partial charge in [0.15, 0.2) is 0 Å². The van der Waals surface area contributed by atoms with E-state index in [4.69, 9.17) is 4.74 Å². The number of pyridine rings is 1. The molecule has 20 heavy (non-hydrogen) atoms. The minimum absolute atomic E-state index is 0.0673. The van der Waals surface area contributed by atoms with E-state index in [1.807, 2.05) is 24.3 Å². The Morgan fingerprint density at radius 1 is 1.45 bits per heavy atom. The van der Waals surface area contributed by atoms with Gasteiger partial charge in [-0.05, 0) is 33.6 Å². The zero-order chi connectivity index (χ0) is 14.5. The van der Waals surface area contributed by atoms with E-state index in [9.17, 15) is 10.1 Å². The number of halogens is 1. The van der Waals surface area contributed by atoms with Crippen LogP contribution in [-0.2, 0) is 6.54 Å². The molecule has 1 N–H and O–H groups in total. The van der Waals surface area contributed by atoms with E-state index in [0.29, 0.717) is 16.7 Å². The maximum atomic E-state index is 11.0. The lowest BCUT2D eigenvalue weighted by Gasteiger charge is -2.09. The van der Waals surface area contributed by atoms with Gasteiger partial charge in [0.1, 0.15) is 17.6 Å². The predicted octanol–water partition coefficient (Wildman–Crippen LogP) is 3.37. The molecule has 6 nitrogen and oxygen atoms in total. The van der Waals surface area contributed by atoms with Crippen LogP contribution < -0.4 is 10.1 Å². The molecule has 1 heterocycles. The molecule has 0 spiro atoms. The van der Waals surface area contributed by atoms with E-state index in [0.717, 1.165) is 11.3 Å². The number of nitrogens with zero attached hydrogens (tertiary/aromatic N) is 2. The van der Waals surface area contributed by atoms with Crippen LogP contribution in [0.2, 0.25) is 0 Å². The first-order chi connectivity index (χ1) is 9.61. The third-order valence-corrected chi connectivity index (χ3v) is 3.28. The summed E-state index contributed by atoms with van der Waals surface area (Å²) in [6.07, 6.45) is 2.74. The first-order valence-electron chi connectivity index (χ1n) is 5.76. The second-order valence-corrected chi connectivity index (χ2v) is 4.83. The molecule has 0 saturated carbocycles. The zero-order valence-corrected chi connectivity index (χ0v) is 12.3. The fourth-order valence-corrected chi connectivity index (χ4v) is 2.17. The second kappa shape index (κ2) is 6.33. The van der Waals surface area contributed by atoms with Gasteiger partial charge in [-0.3, -0.25) is 15.1 Å². The largest absolute Gasteiger partial charge is 0.497 e. The summed E-state index contributed by atoms with van der Waals surface area (Å²) in [5.41, 5.74) is 1.30. The molecular weight excluding hydrogens is 326 g/mol. The van der Waals surface area contributed by atoms with Crippen LogP contribution in [0.15, 0.2) is 41.1 Å². The highest BCUT2D eigenvalue weighted by molar-refractivity contribution is 9.10. The fraction of sp³-hybridized carbons (Fsp3) is 0.154. The Balaban J connectivity index is 2.20. The normalized spacial score (nSPS) is 10.1. The van der Waals surface area contributed by atoms with Crippen LogP contribution in [0.25, 0.3) is 0 Å². The molecular formula is C13H12BrN3O3. The van der Waals surface area contributed by atoms with Crippen LogP contribution in [0.1, 0.15) is 5.56 Å². The topological polar surface area (TPSA) is 77.3 Å². The van der Waals surface area contributed by atoms with Gasteiger partial charge in [0.25, 0.3) is 0 Å². The number of anilines is 1. The summed E-state index contributed by atoms with van der Waals surface area (Å²) < 4.78 is 5.69. The van der Waals surface area contributed by atoms with E-state index >= 15 is 0 Å². The van der Waals surface area contributed by atoms with Crippen molar-refractivity contribution in [1.82, 2.24) is 4.98 Å². The molecule has 2 aromatic rings. The average molecular weight is 338 g/mol. The number of ether oxygens (including phenoxy) is 1. The lowest BCUT2D eigenvalue weighted by molar-refractivity contribution is -0.384. The van der Waals surface area contributed by atoms with Gasteiger partial charge >= 0.3 is 5.69 Å². The molecule has 7 heteroatoms. The average Bonchev–Trinajstić information content (AvgIpc) is 2.45. The minimum atomic E-state index is -0.467. The van der Waals surface area contributed by atoms with Gasteiger partial charge in [0, 0.05) is 12.7 Å². The van der Waals surface area contributed by atoms with E-state index in [2.05, 4.69) is 26.2 Å². The number of rotatable bonds is 5.